The highest BCUT2D eigenvalue weighted by atomic mass is 35.5. The number of hydrogen-bond acceptors (Lipinski definition) is 3. The fraction of sp³-hybridized carbons (Fsp3) is 0.310. The van der Waals surface area contributed by atoms with Crippen LogP contribution in [0.25, 0.3) is 11.0 Å². The van der Waals surface area contributed by atoms with Crippen molar-refractivity contribution in [2.24, 2.45) is 0 Å². The molecule has 1 atom stereocenters. The van der Waals surface area contributed by atoms with E-state index in [-0.39, 0.29) is 11.8 Å². The van der Waals surface area contributed by atoms with Crippen LogP contribution in [0.4, 0.5) is 5.69 Å². The third-order valence-corrected chi connectivity index (χ3v) is 7.18. The first kappa shape index (κ1) is 23.4. The zero-order chi connectivity index (χ0) is 24.4. The lowest BCUT2D eigenvalue weighted by atomic mass is 10.1. The van der Waals surface area contributed by atoms with Gasteiger partial charge >= 0.3 is 0 Å². The molecule has 5 nitrogen and oxygen atoms in total. The molecule has 0 bridgehead atoms. The van der Waals surface area contributed by atoms with Crippen LogP contribution in [0.2, 0.25) is 5.02 Å². The predicted molar refractivity (Wildman–Crippen MR) is 142 cm³/mol. The zero-order valence-corrected chi connectivity index (χ0v) is 21.0. The van der Waals surface area contributed by atoms with Crippen molar-refractivity contribution < 1.29 is 9.53 Å². The topological polar surface area (TPSA) is 47.4 Å². The molecule has 0 radical (unpaired) electrons. The van der Waals surface area contributed by atoms with Gasteiger partial charge in [-0.3, -0.25) is 4.79 Å². The summed E-state index contributed by atoms with van der Waals surface area (Å²) in [6.07, 6.45) is 2.37. The van der Waals surface area contributed by atoms with Crippen LogP contribution in [0.15, 0.2) is 66.7 Å². The summed E-state index contributed by atoms with van der Waals surface area (Å²) in [4.78, 5) is 19.9. The summed E-state index contributed by atoms with van der Waals surface area (Å²) < 4.78 is 8.24. The first-order valence-corrected chi connectivity index (χ1v) is 12.6. The molecule has 3 aromatic carbocycles. The molecule has 2 heterocycles. The van der Waals surface area contributed by atoms with Crippen LogP contribution in [0.3, 0.4) is 0 Å². The molecule has 0 spiro atoms. The molecule has 0 N–H and O–H groups in total. The van der Waals surface area contributed by atoms with E-state index in [1.807, 2.05) is 54.3 Å². The molecule has 0 aliphatic carbocycles. The van der Waals surface area contributed by atoms with Crippen molar-refractivity contribution in [2.75, 3.05) is 18.1 Å². The van der Waals surface area contributed by atoms with E-state index in [1.165, 1.54) is 0 Å². The molecule has 4 aromatic rings. The van der Waals surface area contributed by atoms with Gasteiger partial charge in [0.05, 0.1) is 17.6 Å². The number of benzene rings is 3. The number of para-hydroxylation sites is 3. The van der Waals surface area contributed by atoms with Crippen molar-refractivity contribution >= 4 is 34.2 Å². The van der Waals surface area contributed by atoms with Gasteiger partial charge in [-0.15, -0.1) is 0 Å². The minimum Gasteiger partial charge on any atom is -0.494 e. The van der Waals surface area contributed by atoms with Crippen LogP contribution in [0.5, 0.6) is 5.75 Å². The number of amides is 1. The average Bonchev–Trinajstić information content (AvgIpc) is 3.42. The molecule has 5 rings (SSSR count). The number of fused-ring (bicyclic) bond motifs is 1. The Morgan fingerprint density at radius 2 is 1.80 bits per heavy atom. The van der Waals surface area contributed by atoms with Crippen LogP contribution >= 0.6 is 11.6 Å². The maximum absolute atomic E-state index is 13.0. The largest absolute Gasteiger partial charge is 0.494 e. The second-order valence-electron chi connectivity index (χ2n) is 9.27. The van der Waals surface area contributed by atoms with E-state index >= 15 is 0 Å². The van der Waals surface area contributed by atoms with Crippen molar-refractivity contribution in [1.82, 2.24) is 9.55 Å². The van der Waals surface area contributed by atoms with E-state index in [9.17, 15) is 4.79 Å². The molecule has 1 aliphatic rings. The van der Waals surface area contributed by atoms with Crippen LogP contribution in [0, 0.1) is 13.8 Å². The minimum absolute atomic E-state index is 0.0720. The zero-order valence-electron chi connectivity index (χ0n) is 20.2. The van der Waals surface area contributed by atoms with E-state index in [1.54, 1.807) is 0 Å². The highest BCUT2D eigenvalue weighted by Crippen LogP contribution is 2.34. The molecule has 1 unspecified atom stereocenters. The highest BCUT2D eigenvalue weighted by molar-refractivity contribution is 6.31. The minimum atomic E-state index is 0.0720. The number of nitrogens with zero attached hydrogens (tertiary/aromatic N) is 3. The Hall–Kier alpha value is -3.31. The monoisotopic (exact) mass is 487 g/mol. The normalized spacial score (nSPS) is 15.8. The van der Waals surface area contributed by atoms with Gasteiger partial charge in [0.15, 0.2) is 0 Å². The summed E-state index contributed by atoms with van der Waals surface area (Å²) in [5.41, 5.74) is 5.24. The number of hydrogen-bond donors (Lipinski definition) is 0. The number of aryl methyl sites for hydroxylation is 3. The van der Waals surface area contributed by atoms with Gasteiger partial charge in [0.2, 0.25) is 5.91 Å². The SMILES string of the molecule is Cc1cc(OCCCCn2c(C3CC(=O)N(c4ccccc4C)C3)nc3ccccc32)ccc1Cl. The van der Waals surface area contributed by atoms with Crippen molar-refractivity contribution in [3.05, 3.63) is 88.7 Å². The number of carbonyl (C=O) groups excluding carboxylic acids is 1. The summed E-state index contributed by atoms with van der Waals surface area (Å²) in [5.74, 6) is 2.09. The van der Waals surface area contributed by atoms with Gasteiger partial charge in [0.25, 0.3) is 0 Å². The van der Waals surface area contributed by atoms with Gasteiger partial charge in [-0.2, -0.15) is 0 Å². The molecular formula is C29H30ClN3O2. The summed E-state index contributed by atoms with van der Waals surface area (Å²) in [6.45, 7) is 6.18. The van der Waals surface area contributed by atoms with Crippen molar-refractivity contribution in [2.45, 2.75) is 45.6 Å². The molecule has 6 heteroatoms. The molecular weight excluding hydrogens is 458 g/mol. The lowest BCUT2D eigenvalue weighted by molar-refractivity contribution is -0.117. The lowest BCUT2D eigenvalue weighted by Crippen LogP contribution is -2.25. The standard InChI is InChI=1S/C29H30ClN3O2/c1-20-9-3-5-11-26(20)33-19-22(18-28(33)34)29-31-25-10-4-6-12-27(25)32(29)15-7-8-16-35-23-13-14-24(30)21(2)17-23/h3-6,9-14,17,22H,7-8,15-16,18-19H2,1-2H3. The Bertz CT molecular complexity index is 1360. The second kappa shape index (κ2) is 10.1. The fourth-order valence-electron chi connectivity index (χ4n) is 4.89. The third-order valence-electron chi connectivity index (χ3n) is 6.75. The predicted octanol–water partition coefficient (Wildman–Crippen LogP) is 6.69. The number of rotatable bonds is 8. The number of halogens is 1. The Labute approximate surface area is 211 Å². The Balaban J connectivity index is 1.29. The molecule has 1 saturated heterocycles. The van der Waals surface area contributed by atoms with Crippen LogP contribution in [-0.2, 0) is 11.3 Å². The summed E-state index contributed by atoms with van der Waals surface area (Å²) in [5, 5.41) is 0.753. The second-order valence-corrected chi connectivity index (χ2v) is 9.68. The number of imidazole rings is 1. The van der Waals surface area contributed by atoms with Crippen LogP contribution in [-0.4, -0.2) is 28.6 Å². The van der Waals surface area contributed by atoms with Gasteiger partial charge in [0, 0.05) is 36.1 Å². The Kier molecular flexibility index (Phi) is 6.78. The molecule has 35 heavy (non-hydrogen) atoms. The van der Waals surface area contributed by atoms with Crippen molar-refractivity contribution in [3.8, 4) is 5.75 Å². The summed E-state index contributed by atoms with van der Waals surface area (Å²) >= 11 is 6.11. The molecule has 1 aromatic heterocycles. The van der Waals surface area contributed by atoms with Gasteiger partial charge in [-0.1, -0.05) is 41.9 Å². The van der Waals surface area contributed by atoms with E-state index in [0.29, 0.717) is 19.6 Å². The highest BCUT2D eigenvalue weighted by Gasteiger charge is 2.35. The molecule has 1 fully saturated rings. The van der Waals surface area contributed by atoms with Crippen molar-refractivity contribution in [3.63, 3.8) is 0 Å². The first-order valence-electron chi connectivity index (χ1n) is 12.2. The summed E-state index contributed by atoms with van der Waals surface area (Å²) in [6, 6.07) is 22.1. The van der Waals surface area contributed by atoms with Gasteiger partial charge in [-0.25, -0.2) is 4.98 Å². The van der Waals surface area contributed by atoms with Crippen LogP contribution in [0.1, 0.15) is 42.1 Å². The third kappa shape index (κ3) is 4.92. The smallest absolute Gasteiger partial charge is 0.227 e. The van der Waals surface area contributed by atoms with Crippen molar-refractivity contribution in [1.29, 1.82) is 0 Å². The molecule has 180 valence electrons. The number of aromatic nitrogens is 2. The quantitative estimate of drug-likeness (QED) is 0.260. The Morgan fingerprint density at radius 3 is 2.63 bits per heavy atom. The maximum Gasteiger partial charge on any atom is 0.227 e. The van der Waals surface area contributed by atoms with E-state index in [0.717, 1.165) is 63.8 Å². The lowest BCUT2D eigenvalue weighted by Gasteiger charge is -2.19. The first-order chi connectivity index (χ1) is 17.0. The maximum atomic E-state index is 13.0. The van der Waals surface area contributed by atoms with E-state index in [2.05, 4.69) is 35.8 Å². The Morgan fingerprint density at radius 1 is 1.00 bits per heavy atom. The molecule has 1 aliphatic heterocycles. The average molecular weight is 488 g/mol. The van der Waals surface area contributed by atoms with Gasteiger partial charge in [0.1, 0.15) is 11.6 Å². The molecule has 1 amide bonds. The number of unbranched alkanes of at least 4 members (excludes halogenated alkanes) is 1. The number of carbonyl (C=O) groups is 1. The van der Waals surface area contributed by atoms with Gasteiger partial charge < -0.3 is 14.2 Å². The summed E-state index contributed by atoms with van der Waals surface area (Å²) in [7, 11) is 0. The van der Waals surface area contributed by atoms with E-state index in [4.69, 9.17) is 21.3 Å². The number of ether oxygens (including phenoxy) is 1. The number of anilines is 1. The van der Waals surface area contributed by atoms with Gasteiger partial charge in [-0.05, 0) is 74.2 Å². The fourth-order valence-corrected chi connectivity index (χ4v) is 5.01. The van der Waals surface area contributed by atoms with E-state index < -0.39 is 0 Å². The molecule has 0 saturated carbocycles. The van der Waals surface area contributed by atoms with Crippen LogP contribution < -0.4 is 9.64 Å².